The predicted molar refractivity (Wildman–Crippen MR) is 91.8 cm³/mol. The average molecular weight is 320 g/mol. The average Bonchev–Trinajstić information content (AvgIpc) is 2.55. The molecule has 0 aliphatic carbocycles. The van der Waals surface area contributed by atoms with Crippen molar-refractivity contribution in [2.75, 3.05) is 13.7 Å². The van der Waals surface area contributed by atoms with E-state index in [9.17, 15) is 9.90 Å². The number of allylic oxidation sites excluding steroid dienone is 1. The Morgan fingerprint density at radius 3 is 2.57 bits per heavy atom. The van der Waals surface area contributed by atoms with Crippen molar-refractivity contribution < 1.29 is 19.4 Å². The van der Waals surface area contributed by atoms with Gasteiger partial charge < -0.3 is 14.6 Å². The van der Waals surface area contributed by atoms with E-state index in [1.807, 2.05) is 6.08 Å². The lowest BCUT2D eigenvalue weighted by Gasteiger charge is -2.07. The van der Waals surface area contributed by atoms with Gasteiger partial charge >= 0.3 is 5.97 Å². The van der Waals surface area contributed by atoms with E-state index < -0.39 is 0 Å². The van der Waals surface area contributed by atoms with Crippen LogP contribution in [0.25, 0.3) is 0 Å². The highest BCUT2D eigenvalue weighted by molar-refractivity contribution is 5.72. The molecular weight excluding hydrogens is 292 g/mol. The summed E-state index contributed by atoms with van der Waals surface area (Å²) in [6.07, 6.45) is 10.1. The monoisotopic (exact) mass is 320 g/mol. The minimum absolute atomic E-state index is 0.0673. The SMILES string of the molecule is C=CCCCCCCCCOC(=O)Cc1ccc(O)c(OC)c1. The summed E-state index contributed by atoms with van der Waals surface area (Å²) in [5.74, 6) is 0.188. The third kappa shape index (κ3) is 8.29. The Hall–Kier alpha value is -1.97. The van der Waals surface area contributed by atoms with Crippen LogP contribution in [0.3, 0.4) is 0 Å². The Morgan fingerprint density at radius 1 is 1.17 bits per heavy atom. The lowest BCUT2D eigenvalue weighted by atomic mass is 10.1. The lowest BCUT2D eigenvalue weighted by Crippen LogP contribution is -2.09. The third-order valence-corrected chi connectivity index (χ3v) is 3.66. The zero-order valence-electron chi connectivity index (χ0n) is 14.1. The van der Waals surface area contributed by atoms with Gasteiger partial charge in [-0.05, 0) is 37.0 Å². The van der Waals surface area contributed by atoms with Gasteiger partial charge in [-0.2, -0.15) is 0 Å². The van der Waals surface area contributed by atoms with Gasteiger partial charge in [0.1, 0.15) is 0 Å². The fourth-order valence-corrected chi connectivity index (χ4v) is 2.33. The molecule has 1 aromatic carbocycles. The molecule has 0 atom stereocenters. The highest BCUT2D eigenvalue weighted by atomic mass is 16.5. The van der Waals surface area contributed by atoms with Gasteiger partial charge in [0.25, 0.3) is 0 Å². The summed E-state index contributed by atoms with van der Waals surface area (Å²) >= 11 is 0. The summed E-state index contributed by atoms with van der Waals surface area (Å²) in [4.78, 5) is 11.8. The fraction of sp³-hybridized carbons (Fsp3) is 0.526. The molecule has 0 fully saturated rings. The molecule has 128 valence electrons. The Balaban J connectivity index is 2.11. The van der Waals surface area contributed by atoms with Crippen LogP contribution in [-0.4, -0.2) is 24.8 Å². The summed E-state index contributed by atoms with van der Waals surface area (Å²) in [7, 11) is 1.48. The molecule has 0 saturated carbocycles. The van der Waals surface area contributed by atoms with Gasteiger partial charge in [-0.1, -0.05) is 37.8 Å². The van der Waals surface area contributed by atoms with Crippen molar-refractivity contribution >= 4 is 5.97 Å². The highest BCUT2D eigenvalue weighted by Crippen LogP contribution is 2.26. The number of methoxy groups -OCH3 is 1. The number of hydrogen-bond donors (Lipinski definition) is 1. The molecule has 0 heterocycles. The molecule has 0 aromatic heterocycles. The smallest absolute Gasteiger partial charge is 0.310 e. The van der Waals surface area contributed by atoms with Crippen LogP contribution < -0.4 is 4.74 Å². The van der Waals surface area contributed by atoms with Gasteiger partial charge in [0.15, 0.2) is 11.5 Å². The number of phenolic OH excluding ortho intramolecular Hbond substituents is 1. The van der Waals surface area contributed by atoms with Gasteiger partial charge in [-0.15, -0.1) is 6.58 Å². The Kier molecular flexibility index (Phi) is 9.60. The van der Waals surface area contributed by atoms with Crippen molar-refractivity contribution in [3.05, 3.63) is 36.4 Å². The van der Waals surface area contributed by atoms with E-state index in [-0.39, 0.29) is 18.1 Å². The van der Waals surface area contributed by atoms with Gasteiger partial charge in [0.05, 0.1) is 20.1 Å². The van der Waals surface area contributed by atoms with Gasteiger partial charge in [0, 0.05) is 0 Å². The standard InChI is InChI=1S/C19H28O4/c1-3-4-5-6-7-8-9-10-13-23-19(21)15-16-11-12-17(20)18(14-16)22-2/h3,11-12,14,20H,1,4-10,13,15H2,2H3. The van der Waals surface area contributed by atoms with Gasteiger partial charge in [-0.3, -0.25) is 4.79 Å². The molecule has 0 bridgehead atoms. The maximum absolute atomic E-state index is 11.8. The summed E-state index contributed by atoms with van der Waals surface area (Å²) in [5.41, 5.74) is 0.770. The van der Waals surface area contributed by atoms with Gasteiger partial charge in [0.2, 0.25) is 0 Å². The van der Waals surface area contributed by atoms with Crippen molar-refractivity contribution in [1.29, 1.82) is 0 Å². The molecule has 4 heteroatoms. The second-order valence-electron chi connectivity index (χ2n) is 5.60. The lowest BCUT2D eigenvalue weighted by molar-refractivity contribution is -0.142. The van der Waals surface area contributed by atoms with Crippen LogP contribution in [0.5, 0.6) is 11.5 Å². The molecule has 0 spiro atoms. The maximum Gasteiger partial charge on any atom is 0.310 e. The largest absolute Gasteiger partial charge is 0.504 e. The molecule has 0 aliphatic heterocycles. The minimum Gasteiger partial charge on any atom is -0.504 e. The first-order valence-corrected chi connectivity index (χ1v) is 8.29. The molecular formula is C19H28O4. The van der Waals surface area contributed by atoms with E-state index in [0.29, 0.717) is 12.4 Å². The van der Waals surface area contributed by atoms with Crippen LogP contribution in [-0.2, 0) is 16.0 Å². The molecule has 1 aromatic rings. The summed E-state index contributed by atoms with van der Waals surface area (Å²) in [6.45, 7) is 4.18. The van der Waals surface area contributed by atoms with Crippen LogP contribution in [0.2, 0.25) is 0 Å². The minimum atomic E-state index is -0.247. The maximum atomic E-state index is 11.8. The van der Waals surface area contributed by atoms with Gasteiger partial charge in [-0.25, -0.2) is 0 Å². The molecule has 0 unspecified atom stereocenters. The van der Waals surface area contributed by atoms with E-state index in [1.54, 1.807) is 12.1 Å². The van der Waals surface area contributed by atoms with Crippen LogP contribution in [0.1, 0.15) is 50.5 Å². The number of carbonyl (C=O) groups is 1. The number of esters is 1. The molecule has 1 rings (SSSR count). The number of carbonyl (C=O) groups excluding carboxylic acids is 1. The molecule has 23 heavy (non-hydrogen) atoms. The highest BCUT2D eigenvalue weighted by Gasteiger charge is 2.08. The van der Waals surface area contributed by atoms with E-state index in [0.717, 1.165) is 24.8 Å². The normalized spacial score (nSPS) is 10.3. The number of benzene rings is 1. The number of ether oxygens (including phenoxy) is 2. The quantitative estimate of drug-likeness (QED) is 0.352. The van der Waals surface area contributed by atoms with Crippen molar-refractivity contribution in [3.63, 3.8) is 0 Å². The van der Waals surface area contributed by atoms with E-state index in [1.165, 1.54) is 38.9 Å². The number of rotatable bonds is 12. The number of hydrogen-bond acceptors (Lipinski definition) is 4. The first-order valence-electron chi connectivity index (χ1n) is 8.29. The zero-order chi connectivity index (χ0) is 16.9. The second kappa shape index (κ2) is 11.6. The van der Waals surface area contributed by atoms with Crippen LogP contribution in [0.4, 0.5) is 0 Å². The van der Waals surface area contributed by atoms with E-state index in [2.05, 4.69) is 6.58 Å². The fourth-order valence-electron chi connectivity index (χ4n) is 2.33. The first-order chi connectivity index (χ1) is 11.2. The third-order valence-electron chi connectivity index (χ3n) is 3.66. The van der Waals surface area contributed by atoms with Crippen LogP contribution in [0, 0.1) is 0 Å². The van der Waals surface area contributed by atoms with Crippen molar-refractivity contribution in [2.45, 2.75) is 51.4 Å². The zero-order valence-corrected chi connectivity index (χ0v) is 14.1. The molecule has 0 amide bonds. The summed E-state index contributed by atoms with van der Waals surface area (Å²) in [5, 5.41) is 9.51. The molecule has 0 radical (unpaired) electrons. The molecule has 1 N–H and O–H groups in total. The van der Waals surface area contributed by atoms with Crippen molar-refractivity contribution in [3.8, 4) is 11.5 Å². The van der Waals surface area contributed by atoms with Crippen LogP contribution in [0.15, 0.2) is 30.9 Å². The number of aromatic hydroxyl groups is 1. The van der Waals surface area contributed by atoms with Crippen molar-refractivity contribution in [2.24, 2.45) is 0 Å². The molecule has 0 aliphatic rings. The summed E-state index contributed by atoms with van der Waals surface area (Å²) < 4.78 is 10.3. The predicted octanol–water partition coefficient (Wildman–Crippen LogP) is 4.40. The molecule has 0 saturated heterocycles. The Morgan fingerprint density at radius 2 is 1.87 bits per heavy atom. The topological polar surface area (TPSA) is 55.8 Å². The Bertz CT molecular complexity index is 482. The van der Waals surface area contributed by atoms with Crippen LogP contribution >= 0.6 is 0 Å². The second-order valence-corrected chi connectivity index (χ2v) is 5.60. The Labute approximate surface area is 139 Å². The number of unbranched alkanes of at least 4 members (excludes halogenated alkanes) is 6. The first kappa shape index (κ1) is 19.1. The molecule has 4 nitrogen and oxygen atoms in total. The van der Waals surface area contributed by atoms with E-state index in [4.69, 9.17) is 9.47 Å². The van der Waals surface area contributed by atoms with Crippen molar-refractivity contribution in [1.82, 2.24) is 0 Å². The summed E-state index contributed by atoms with van der Waals surface area (Å²) in [6, 6.07) is 4.87. The number of phenols is 1. The van der Waals surface area contributed by atoms with E-state index >= 15 is 0 Å².